The van der Waals surface area contributed by atoms with Gasteiger partial charge >= 0.3 is 6.18 Å². The topological polar surface area (TPSA) is 88.3 Å². The number of benzene rings is 2. The van der Waals surface area contributed by atoms with Gasteiger partial charge in [-0.25, -0.2) is 5.43 Å². The molecule has 0 fully saturated rings. The van der Waals surface area contributed by atoms with Crippen LogP contribution < -0.4 is 10.3 Å². The van der Waals surface area contributed by atoms with Crippen LogP contribution in [-0.2, 0) is 17.5 Å². The van der Waals surface area contributed by atoms with E-state index >= 15 is 0 Å². The molecule has 0 aliphatic rings. The van der Waals surface area contributed by atoms with Crippen LogP contribution >= 0.6 is 0 Å². The van der Waals surface area contributed by atoms with Crippen molar-refractivity contribution in [3.8, 4) is 11.4 Å². The van der Waals surface area contributed by atoms with Gasteiger partial charge in [0.25, 0.3) is 5.91 Å². The summed E-state index contributed by atoms with van der Waals surface area (Å²) in [7, 11) is 3.86. The lowest BCUT2D eigenvalue weighted by Crippen LogP contribution is -2.24. The molecule has 3 aromatic rings. The summed E-state index contributed by atoms with van der Waals surface area (Å²) in [5.74, 6) is -0.525. The Balaban J connectivity index is 1.58. The zero-order chi connectivity index (χ0) is 21.7. The van der Waals surface area contributed by atoms with Gasteiger partial charge in [0.2, 0.25) is 5.82 Å². The van der Waals surface area contributed by atoms with E-state index in [0.29, 0.717) is 0 Å². The highest BCUT2D eigenvalue weighted by Crippen LogP contribution is 2.31. The number of anilines is 1. The number of nitrogens with zero attached hydrogens (tertiary/aromatic N) is 6. The zero-order valence-corrected chi connectivity index (χ0v) is 16.1. The van der Waals surface area contributed by atoms with Crippen molar-refractivity contribution in [1.82, 2.24) is 25.6 Å². The van der Waals surface area contributed by atoms with Crippen LogP contribution in [-0.4, -0.2) is 46.4 Å². The standard InChI is InChI=1S/C19H18F3N7O/c1-28(2)16-8-6-13(7-9-16)11-23-24-17(30)12-29-26-18(25-27-29)14-4-3-5-15(10-14)19(20,21)22/h3-11H,12H2,1-2H3,(H,24,30)/b23-11-. The van der Waals surface area contributed by atoms with Crippen LogP contribution in [0.5, 0.6) is 0 Å². The molecule has 1 heterocycles. The van der Waals surface area contributed by atoms with Crippen molar-refractivity contribution in [2.24, 2.45) is 5.10 Å². The fraction of sp³-hybridized carbons (Fsp3) is 0.211. The van der Waals surface area contributed by atoms with E-state index in [1.165, 1.54) is 18.3 Å². The molecule has 0 radical (unpaired) electrons. The number of tetrazole rings is 1. The van der Waals surface area contributed by atoms with Gasteiger partial charge in [-0.3, -0.25) is 4.79 Å². The molecule has 30 heavy (non-hydrogen) atoms. The van der Waals surface area contributed by atoms with Crippen molar-refractivity contribution in [2.45, 2.75) is 12.7 Å². The SMILES string of the molecule is CN(C)c1ccc(/C=N\NC(=O)Cn2nnc(-c3cccc(C(F)(F)F)c3)n2)cc1. The van der Waals surface area contributed by atoms with Crippen LogP contribution in [0.2, 0.25) is 0 Å². The third kappa shape index (κ3) is 5.40. The lowest BCUT2D eigenvalue weighted by Gasteiger charge is -2.11. The first-order chi connectivity index (χ1) is 14.2. The van der Waals surface area contributed by atoms with Gasteiger partial charge in [0, 0.05) is 25.3 Å². The van der Waals surface area contributed by atoms with Crippen LogP contribution in [0.15, 0.2) is 53.6 Å². The maximum atomic E-state index is 12.8. The molecule has 1 N–H and O–H groups in total. The summed E-state index contributed by atoms with van der Waals surface area (Å²) in [4.78, 5) is 14.9. The molecule has 0 aliphatic heterocycles. The Morgan fingerprint density at radius 2 is 1.93 bits per heavy atom. The number of hydrogen-bond acceptors (Lipinski definition) is 6. The number of halogens is 3. The first-order valence-electron chi connectivity index (χ1n) is 8.77. The predicted octanol–water partition coefficient (Wildman–Crippen LogP) is 2.58. The molecular weight excluding hydrogens is 399 g/mol. The summed E-state index contributed by atoms with van der Waals surface area (Å²) in [6, 6.07) is 12.1. The summed E-state index contributed by atoms with van der Waals surface area (Å²) in [6.07, 6.45) is -2.99. The van der Waals surface area contributed by atoms with Gasteiger partial charge in [0.15, 0.2) is 0 Å². The Kier molecular flexibility index (Phi) is 6.09. The van der Waals surface area contributed by atoms with Crippen LogP contribution in [0.25, 0.3) is 11.4 Å². The largest absolute Gasteiger partial charge is 0.416 e. The Labute approximate surface area is 170 Å². The second-order valence-electron chi connectivity index (χ2n) is 6.50. The van der Waals surface area contributed by atoms with Crippen molar-refractivity contribution in [3.05, 3.63) is 59.7 Å². The lowest BCUT2D eigenvalue weighted by atomic mass is 10.1. The van der Waals surface area contributed by atoms with Crippen molar-refractivity contribution < 1.29 is 18.0 Å². The normalized spacial score (nSPS) is 11.6. The van der Waals surface area contributed by atoms with E-state index in [1.807, 2.05) is 43.3 Å². The van der Waals surface area contributed by atoms with E-state index in [0.717, 1.165) is 28.2 Å². The van der Waals surface area contributed by atoms with E-state index in [2.05, 4.69) is 25.9 Å². The highest BCUT2D eigenvalue weighted by atomic mass is 19.4. The number of rotatable bonds is 6. The molecule has 0 bridgehead atoms. The molecule has 3 rings (SSSR count). The number of nitrogens with one attached hydrogen (secondary N) is 1. The molecule has 0 aliphatic carbocycles. The quantitative estimate of drug-likeness (QED) is 0.492. The molecule has 1 amide bonds. The molecule has 11 heteroatoms. The summed E-state index contributed by atoms with van der Waals surface area (Å²) in [6.45, 7) is -0.289. The lowest BCUT2D eigenvalue weighted by molar-refractivity contribution is -0.137. The third-order valence-electron chi connectivity index (χ3n) is 4.00. The van der Waals surface area contributed by atoms with Gasteiger partial charge in [0.1, 0.15) is 6.54 Å². The summed E-state index contributed by atoms with van der Waals surface area (Å²) in [5.41, 5.74) is 3.50. The Hall–Kier alpha value is -3.76. The van der Waals surface area contributed by atoms with Gasteiger partial charge < -0.3 is 4.90 Å². The fourth-order valence-electron chi connectivity index (χ4n) is 2.46. The molecule has 156 valence electrons. The minimum atomic E-state index is -4.48. The number of hydrogen-bond donors (Lipinski definition) is 1. The fourth-order valence-corrected chi connectivity index (χ4v) is 2.46. The van der Waals surface area contributed by atoms with Crippen molar-refractivity contribution in [3.63, 3.8) is 0 Å². The highest BCUT2D eigenvalue weighted by Gasteiger charge is 2.30. The van der Waals surface area contributed by atoms with E-state index < -0.39 is 17.6 Å². The minimum absolute atomic E-state index is 0.0154. The predicted molar refractivity (Wildman–Crippen MR) is 105 cm³/mol. The highest BCUT2D eigenvalue weighted by molar-refractivity contribution is 5.82. The first-order valence-corrected chi connectivity index (χ1v) is 8.77. The molecule has 0 atom stereocenters. The number of alkyl halides is 3. The van der Waals surface area contributed by atoms with Gasteiger partial charge in [-0.1, -0.05) is 24.3 Å². The second-order valence-corrected chi connectivity index (χ2v) is 6.50. The smallest absolute Gasteiger partial charge is 0.378 e. The summed E-state index contributed by atoms with van der Waals surface area (Å²) >= 11 is 0. The molecule has 0 spiro atoms. The van der Waals surface area contributed by atoms with E-state index in [-0.39, 0.29) is 17.9 Å². The minimum Gasteiger partial charge on any atom is -0.378 e. The Morgan fingerprint density at radius 1 is 1.20 bits per heavy atom. The monoisotopic (exact) mass is 417 g/mol. The number of aromatic nitrogens is 4. The second kappa shape index (κ2) is 8.72. The maximum absolute atomic E-state index is 12.8. The van der Waals surface area contributed by atoms with Crippen molar-refractivity contribution in [2.75, 3.05) is 19.0 Å². The molecule has 0 unspecified atom stereocenters. The van der Waals surface area contributed by atoms with E-state index in [9.17, 15) is 18.0 Å². The summed E-state index contributed by atoms with van der Waals surface area (Å²) in [5, 5.41) is 15.2. The first kappa shape index (κ1) is 21.0. The van der Waals surface area contributed by atoms with Gasteiger partial charge in [-0.2, -0.15) is 23.1 Å². The van der Waals surface area contributed by atoms with Crippen LogP contribution in [0, 0.1) is 0 Å². The Morgan fingerprint density at radius 3 is 2.60 bits per heavy atom. The van der Waals surface area contributed by atoms with Gasteiger partial charge in [-0.05, 0) is 35.0 Å². The molecular formula is C19H18F3N7O. The van der Waals surface area contributed by atoms with Crippen LogP contribution in [0.3, 0.4) is 0 Å². The number of carbonyl (C=O) groups excluding carboxylic acids is 1. The van der Waals surface area contributed by atoms with Crippen molar-refractivity contribution in [1.29, 1.82) is 0 Å². The zero-order valence-electron chi connectivity index (χ0n) is 16.1. The van der Waals surface area contributed by atoms with Crippen LogP contribution in [0.1, 0.15) is 11.1 Å². The Bertz CT molecular complexity index is 1040. The average molecular weight is 417 g/mol. The van der Waals surface area contributed by atoms with Gasteiger partial charge in [-0.15, -0.1) is 10.2 Å². The number of amides is 1. The van der Waals surface area contributed by atoms with Crippen molar-refractivity contribution >= 4 is 17.8 Å². The summed E-state index contributed by atoms with van der Waals surface area (Å²) < 4.78 is 38.5. The molecule has 0 saturated heterocycles. The molecule has 8 nitrogen and oxygen atoms in total. The third-order valence-corrected chi connectivity index (χ3v) is 4.00. The number of carbonyl (C=O) groups is 1. The molecule has 0 saturated carbocycles. The van der Waals surface area contributed by atoms with E-state index in [4.69, 9.17) is 0 Å². The van der Waals surface area contributed by atoms with Gasteiger partial charge in [0.05, 0.1) is 11.8 Å². The molecule has 1 aromatic heterocycles. The number of hydrazone groups is 1. The van der Waals surface area contributed by atoms with E-state index in [1.54, 1.807) is 0 Å². The molecule has 2 aromatic carbocycles. The average Bonchev–Trinajstić information content (AvgIpc) is 3.16. The maximum Gasteiger partial charge on any atom is 0.416 e. The van der Waals surface area contributed by atoms with Crippen LogP contribution in [0.4, 0.5) is 18.9 Å².